The molecule has 0 saturated carbocycles. The lowest BCUT2D eigenvalue weighted by Gasteiger charge is -2.21. The molecule has 0 bridgehead atoms. The maximum atomic E-state index is 14.8. The van der Waals surface area contributed by atoms with Crippen molar-refractivity contribution in [3.8, 4) is 5.69 Å². The van der Waals surface area contributed by atoms with Crippen LogP contribution in [0.1, 0.15) is 52.7 Å². The van der Waals surface area contributed by atoms with Gasteiger partial charge in [-0.15, -0.1) is 0 Å². The van der Waals surface area contributed by atoms with E-state index in [9.17, 15) is 30.9 Å². The molecule has 242 valence electrons. The van der Waals surface area contributed by atoms with Crippen molar-refractivity contribution in [2.24, 2.45) is 0 Å². The minimum Gasteiger partial charge on any atom is -0.309 e. The lowest BCUT2D eigenvalue weighted by atomic mass is 9.85. The third-order valence-corrected chi connectivity index (χ3v) is 11.6. The number of halogens is 6. The van der Waals surface area contributed by atoms with E-state index < -0.39 is 52.7 Å². The van der Waals surface area contributed by atoms with Gasteiger partial charge in [0.1, 0.15) is 0 Å². The fourth-order valence-corrected chi connectivity index (χ4v) is 8.59. The molecular weight excluding hydrogens is 631 g/mol. The Bertz CT molecular complexity index is 2080. The highest BCUT2D eigenvalue weighted by atomic mass is 31.2. The minimum atomic E-state index is -4.47. The maximum absolute atomic E-state index is 14.8. The van der Waals surface area contributed by atoms with Gasteiger partial charge in [-0.3, -0.25) is 0 Å². The number of hydrogen-bond donors (Lipinski definition) is 0. The molecule has 0 radical (unpaired) electrons. The van der Waals surface area contributed by atoms with Crippen molar-refractivity contribution in [2.75, 3.05) is 0 Å². The molecule has 0 aliphatic heterocycles. The summed E-state index contributed by atoms with van der Waals surface area (Å²) < 4.78 is 102. The second-order valence-corrected chi connectivity index (χ2v) is 16.6. The molecule has 0 saturated heterocycles. The average Bonchev–Trinajstić information content (AvgIpc) is 3.34. The quantitative estimate of drug-likeness (QED) is 0.105. The van der Waals surface area contributed by atoms with E-state index in [0.717, 1.165) is 32.9 Å². The SMILES string of the molecule is CC(C)(C)c1ccc2c(c1)c1cc(C(C)(C)C)ccc1n2-c1ccc(P(=O)(c2cc(F)c(F)c(F)c2)c2cc(F)c(F)c(F)c2)cc1. The van der Waals surface area contributed by atoms with Crippen LogP contribution in [0.4, 0.5) is 26.3 Å². The molecule has 0 amide bonds. The number of benzene rings is 5. The normalized spacial score (nSPS) is 12.8. The van der Waals surface area contributed by atoms with Crippen LogP contribution in [0.2, 0.25) is 0 Å². The Balaban J connectivity index is 1.59. The second kappa shape index (κ2) is 11.2. The van der Waals surface area contributed by atoms with Crippen molar-refractivity contribution < 1.29 is 30.9 Å². The van der Waals surface area contributed by atoms with Crippen LogP contribution < -0.4 is 15.9 Å². The van der Waals surface area contributed by atoms with Crippen LogP contribution in [-0.4, -0.2) is 4.57 Å². The number of nitrogens with zero attached hydrogens (tertiary/aromatic N) is 1. The van der Waals surface area contributed by atoms with Crippen molar-refractivity contribution in [2.45, 2.75) is 52.4 Å². The van der Waals surface area contributed by atoms with Gasteiger partial charge >= 0.3 is 0 Å². The van der Waals surface area contributed by atoms with Crippen LogP contribution in [0, 0.1) is 34.9 Å². The summed E-state index contributed by atoms with van der Waals surface area (Å²) in [6, 6.07) is 20.8. The molecule has 0 N–H and O–H groups in total. The molecular formula is C38H32F6NOP. The Kier molecular flexibility index (Phi) is 7.75. The van der Waals surface area contributed by atoms with Crippen LogP contribution in [0.25, 0.3) is 27.5 Å². The van der Waals surface area contributed by atoms with Gasteiger partial charge in [0.2, 0.25) is 0 Å². The van der Waals surface area contributed by atoms with Gasteiger partial charge in [0.25, 0.3) is 0 Å². The third kappa shape index (κ3) is 5.46. The summed E-state index contributed by atoms with van der Waals surface area (Å²) in [5, 5.41) is 0.912. The predicted molar refractivity (Wildman–Crippen MR) is 177 cm³/mol. The molecule has 0 unspecified atom stereocenters. The topological polar surface area (TPSA) is 22.0 Å². The summed E-state index contributed by atoms with van der Waals surface area (Å²) in [6.07, 6.45) is 0. The van der Waals surface area contributed by atoms with Crippen LogP contribution in [-0.2, 0) is 15.4 Å². The summed E-state index contributed by atoms with van der Waals surface area (Å²) in [6.45, 7) is 12.8. The van der Waals surface area contributed by atoms with Crippen LogP contribution >= 0.6 is 7.14 Å². The molecule has 47 heavy (non-hydrogen) atoms. The van der Waals surface area contributed by atoms with Gasteiger partial charge in [-0.25, -0.2) is 26.3 Å². The van der Waals surface area contributed by atoms with E-state index in [1.54, 1.807) is 12.1 Å². The summed E-state index contributed by atoms with van der Waals surface area (Å²) in [5.74, 6) is -10.1. The van der Waals surface area contributed by atoms with Gasteiger partial charge in [0.15, 0.2) is 42.0 Å². The zero-order chi connectivity index (χ0) is 34.2. The fraction of sp³-hybridized carbons (Fsp3) is 0.211. The first-order chi connectivity index (χ1) is 21.9. The Morgan fingerprint density at radius 2 is 0.851 bits per heavy atom. The highest BCUT2D eigenvalue weighted by Crippen LogP contribution is 2.44. The second-order valence-electron chi connectivity index (χ2n) is 13.9. The monoisotopic (exact) mass is 663 g/mol. The molecule has 5 aromatic carbocycles. The van der Waals surface area contributed by atoms with Gasteiger partial charge in [0, 0.05) is 32.4 Å². The maximum Gasteiger partial charge on any atom is 0.194 e. The predicted octanol–water partition coefficient (Wildman–Crippen LogP) is 9.85. The zero-order valence-electron chi connectivity index (χ0n) is 26.7. The van der Waals surface area contributed by atoms with Gasteiger partial charge in [-0.2, -0.15) is 0 Å². The minimum absolute atomic E-state index is 0.0529. The van der Waals surface area contributed by atoms with E-state index in [-0.39, 0.29) is 16.1 Å². The number of fused-ring (bicyclic) bond motifs is 3. The fourth-order valence-electron chi connectivity index (χ4n) is 5.94. The Morgan fingerprint density at radius 1 is 0.489 bits per heavy atom. The smallest absolute Gasteiger partial charge is 0.194 e. The zero-order valence-corrected chi connectivity index (χ0v) is 27.5. The molecule has 0 spiro atoms. The summed E-state index contributed by atoms with van der Waals surface area (Å²) in [7, 11) is -4.47. The molecule has 1 aromatic heterocycles. The average molecular weight is 664 g/mol. The van der Waals surface area contributed by atoms with Crippen molar-refractivity contribution in [3.05, 3.63) is 131 Å². The summed E-state index contributed by atoms with van der Waals surface area (Å²) in [4.78, 5) is 0. The Labute approximate surface area is 269 Å². The van der Waals surface area contributed by atoms with E-state index in [0.29, 0.717) is 30.0 Å². The molecule has 1 heterocycles. The molecule has 2 nitrogen and oxygen atoms in total. The third-order valence-electron chi connectivity index (χ3n) is 8.63. The number of hydrogen-bond acceptors (Lipinski definition) is 1. The number of rotatable bonds is 4. The van der Waals surface area contributed by atoms with Gasteiger partial charge < -0.3 is 9.13 Å². The molecule has 6 rings (SSSR count). The van der Waals surface area contributed by atoms with Gasteiger partial charge in [-0.1, -0.05) is 53.7 Å². The first-order valence-electron chi connectivity index (χ1n) is 15.0. The number of aromatic nitrogens is 1. The van der Waals surface area contributed by atoms with Crippen molar-refractivity contribution in [1.29, 1.82) is 0 Å². The largest absolute Gasteiger partial charge is 0.309 e. The van der Waals surface area contributed by atoms with Crippen LogP contribution in [0.15, 0.2) is 84.9 Å². The van der Waals surface area contributed by atoms with Gasteiger partial charge in [0.05, 0.1) is 11.0 Å². The molecule has 0 aliphatic rings. The van der Waals surface area contributed by atoms with Crippen molar-refractivity contribution in [3.63, 3.8) is 0 Å². The lowest BCUT2D eigenvalue weighted by molar-refractivity contribution is 0.447. The molecule has 0 fully saturated rings. The van der Waals surface area contributed by atoms with E-state index >= 15 is 0 Å². The van der Waals surface area contributed by atoms with E-state index in [4.69, 9.17) is 0 Å². The van der Waals surface area contributed by atoms with Crippen molar-refractivity contribution >= 4 is 44.9 Å². The first kappa shape index (κ1) is 32.6. The highest BCUT2D eigenvalue weighted by molar-refractivity contribution is 7.85. The molecule has 0 aliphatic carbocycles. The highest BCUT2D eigenvalue weighted by Gasteiger charge is 2.34. The lowest BCUT2D eigenvalue weighted by Crippen LogP contribution is -2.27. The summed E-state index contributed by atoms with van der Waals surface area (Å²) >= 11 is 0. The molecule has 0 atom stereocenters. The van der Waals surface area contributed by atoms with Gasteiger partial charge in [-0.05, 0) is 94.8 Å². The van der Waals surface area contributed by atoms with Crippen LogP contribution in [0.3, 0.4) is 0 Å². The molecule has 9 heteroatoms. The van der Waals surface area contributed by atoms with E-state index in [1.807, 2.05) is 16.7 Å². The molecule has 6 aromatic rings. The van der Waals surface area contributed by atoms with Crippen LogP contribution in [0.5, 0.6) is 0 Å². The van der Waals surface area contributed by atoms with E-state index in [2.05, 4.69) is 65.8 Å². The van der Waals surface area contributed by atoms with E-state index in [1.165, 1.54) is 12.1 Å². The Hall–Kier alpha value is -4.29. The summed E-state index contributed by atoms with van der Waals surface area (Å²) in [5.41, 5.74) is 4.55. The van der Waals surface area contributed by atoms with Crippen molar-refractivity contribution in [1.82, 2.24) is 4.57 Å². The first-order valence-corrected chi connectivity index (χ1v) is 16.7. The standard InChI is InChI=1S/C38H32F6NOP/c1-37(2,3)21-7-13-33-27(15-21)28-16-22(38(4,5)6)8-14-34(28)45(33)23-9-11-24(12-10-23)47(46,25-17-29(39)35(43)30(40)18-25)26-19-31(41)36(44)32(42)20-26/h7-20H,1-6H3. The Morgan fingerprint density at radius 3 is 1.19 bits per heavy atom.